The minimum atomic E-state index is -0.414. The molecule has 0 fully saturated rings. The largest absolute Gasteiger partial charge is 0.497 e. The van der Waals surface area contributed by atoms with Gasteiger partial charge in [-0.05, 0) is 31.2 Å². The number of hydrogen-bond donors (Lipinski definition) is 4. The molecule has 1 aliphatic heterocycles. The third-order valence-electron chi connectivity index (χ3n) is 4.22. The Morgan fingerprint density at radius 1 is 1.35 bits per heavy atom. The average Bonchev–Trinajstić information content (AvgIpc) is 3.27. The van der Waals surface area contributed by atoms with Gasteiger partial charge in [-0.1, -0.05) is 17.4 Å². The number of hydrazine groups is 1. The van der Waals surface area contributed by atoms with Crippen LogP contribution in [0.5, 0.6) is 5.75 Å². The highest BCUT2D eigenvalue weighted by atomic mass is 32.1. The third-order valence-corrected chi connectivity index (χ3v) is 5.27. The van der Waals surface area contributed by atoms with Crippen LogP contribution >= 0.6 is 11.3 Å². The maximum absolute atomic E-state index is 12.5. The Bertz CT molecular complexity index is 971. The second-order valence-electron chi connectivity index (χ2n) is 6.02. The lowest BCUT2D eigenvalue weighted by Crippen LogP contribution is -2.31. The van der Waals surface area contributed by atoms with E-state index < -0.39 is 6.04 Å². The van der Waals surface area contributed by atoms with E-state index in [9.17, 15) is 4.79 Å². The minimum Gasteiger partial charge on any atom is -0.497 e. The minimum absolute atomic E-state index is 0.139. The van der Waals surface area contributed by atoms with E-state index >= 15 is 0 Å². The van der Waals surface area contributed by atoms with Gasteiger partial charge in [0.15, 0.2) is 5.13 Å². The van der Waals surface area contributed by atoms with Crippen LogP contribution < -0.4 is 26.2 Å². The molecular weight excluding hydrogens is 350 g/mol. The molecule has 0 spiro atoms. The Labute approximate surface area is 154 Å². The van der Waals surface area contributed by atoms with E-state index in [4.69, 9.17) is 4.74 Å². The molecule has 26 heavy (non-hydrogen) atoms. The van der Waals surface area contributed by atoms with Crippen molar-refractivity contribution in [1.82, 2.24) is 10.4 Å². The number of amides is 1. The van der Waals surface area contributed by atoms with Crippen molar-refractivity contribution >= 4 is 44.0 Å². The van der Waals surface area contributed by atoms with Crippen molar-refractivity contribution in [3.8, 4) is 5.75 Å². The van der Waals surface area contributed by atoms with Crippen LogP contribution in [0, 0.1) is 0 Å². The maximum atomic E-state index is 12.5. The number of methoxy groups -OCH3 is 1. The van der Waals surface area contributed by atoms with E-state index in [1.165, 1.54) is 16.9 Å². The first-order chi connectivity index (χ1) is 12.6. The number of carbonyl (C=O) groups is 1. The molecule has 4 N–H and O–H groups in total. The molecular formula is C18H19N5O2S. The van der Waals surface area contributed by atoms with Gasteiger partial charge in [-0.25, -0.2) is 10.4 Å². The summed E-state index contributed by atoms with van der Waals surface area (Å²) >= 11 is 1.49. The van der Waals surface area contributed by atoms with Crippen LogP contribution in [0.4, 0.5) is 16.5 Å². The zero-order valence-corrected chi connectivity index (χ0v) is 15.2. The normalized spacial score (nSPS) is 13.8. The first-order valence-electron chi connectivity index (χ1n) is 8.27. The Morgan fingerprint density at radius 2 is 2.23 bits per heavy atom. The van der Waals surface area contributed by atoms with E-state index in [0.29, 0.717) is 5.13 Å². The third kappa shape index (κ3) is 3.16. The number of anilines is 3. The maximum Gasteiger partial charge on any atom is 0.248 e. The molecule has 0 saturated carbocycles. The summed E-state index contributed by atoms with van der Waals surface area (Å²) in [5, 5.41) is 6.68. The first kappa shape index (κ1) is 16.6. The number of hydrogen-bond acceptors (Lipinski definition) is 7. The van der Waals surface area contributed by atoms with Gasteiger partial charge in [-0.15, -0.1) is 0 Å². The Morgan fingerprint density at radius 3 is 3.08 bits per heavy atom. The summed E-state index contributed by atoms with van der Waals surface area (Å²) in [5.41, 5.74) is 10.2. The van der Waals surface area contributed by atoms with Crippen LogP contribution in [0.15, 0.2) is 36.4 Å². The highest BCUT2D eigenvalue weighted by Crippen LogP contribution is 2.34. The lowest BCUT2D eigenvalue weighted by atomic mass is 10.2. The number of nitrogens with one attached hydrogen (secondary N) is 4. The molecule has 7 nitrogen and oxygen atoms in total. The van der Waals surface area contributed by atoms with Gasteiger partial charge in [-0.2, -0.15) is 0 Å². The zero-order valence-electron chi connectivity index (χ0n) is 14.4. The number of carbonyl (C=O) groups excluding carboxylic acids is 1. The van der Waals surface area contributed by atoms with E-state index in [0.717, 1.165) is 33.9 Å². The predicted molar refractivity (Wildman–Crippen MR) is 105 cm³/mol. The van der Waals surface area contributed by atoms with Crippen LogP contribution in [-0.2, 0) is 11.3 Å². The summed E-state index contributed by atoms with van der Waals surface area (Å²) in [5.74, 6) is 0.602. The number of aromatic nitrogens is 1. The lowest BCUT2D eigenvalue weighted by Gasteiger charge is -2.14. The van der Waals surface area contributed by atoms with E-state index in [1.807, 2.05) is 43.3 Å². The fourth-order valence-electron chi connectivity index (χ4n) is 2.86. The Hall–Kier alpha value is -2.84. The molecule has 1 unspecified atom stereocenters. The van der Waals surface area contributed by atoms with Crippen molar-refractivity contribution in [2.75, 3.05) is 23.2 Å². The summed E-state index contributed by atoms with van der Waals surface area (Å²) < 4.78 is 6.29. The Balaban J connectivity index is 1.48. The fraction of sp³-hybridized carbons (Fsp3) is 0.222. The molecule has 0 aliphatic carbocycles. The van der Waals surface area contributed by atoms with Gasteiger partial charge >= 0.3 is 0 Å². The number of benzene rings is 2. The molecule has 1 atom stereocenters. The number of nitrogens with zero attached hydrogens (tertiary/aromatic N) is 1. The molecule has 8 heteroatoms. The SMILES string of the molecule is COc1cccc(NC(C)C(=O)Nc2nc3ccc4c(c3s2)CNN4)c1. The van der Waals surface area contributed by atoms with Crippen molar-refractivity contribution in [2.45, 2.75) is 19.5 Å². The summed E-state index contributed by atoms with van der Waals surface area (Å²) in [4.78, 5) is 17.0. The second-order valence-corrected chi connectivity index (χ2v) is 7.02. The van der Waals surface area contributed by atoms with Crippen molar-refractivity contribution in [1.29, 1.82) is 0 Å². The van der Waals surface area contributed by atoms with Gasteiger partial charge in [0.25, 0.3) is 0 Å². The smallest absolute Gasteiger partial charge is 0.248 e. The molecule has 0 saturated heterocycles. The molecule has 3 aromatic rings. The average molecular weight is 369 g/mol. The van der Waals surface area contributed by atoms with Gasteiger partial charge in [0.2, 0.25) is 5.91 Å². The Kier molecular flexibility index (Phi) is 4.36. The van der Waals surface area contributed by atoms with Crippen LogP contribution in [0.25, 0.3) is 10.2 Å². The van der Waals surface area contributed by atoms with Gasteiger partial charge in [0.1, 0.15) is 11.8 Å². The lowest BCUT2D eigenvalue weighted by molar-refractivity contribution is -0.116. The molecule has 1 aliphatic rings. The molecule has 0 radical (unpaired) electrons. The van der Waals surface area contributed by atoms with E-state index in [2.05, 4.69) is 26.5 Å². The molecule has 1 amide bonds. The van der Waals surface area contributed by atoms with Gasteiger partial charge in [0.05, 0.1) is 23.0 Å². The number of fused-ring (bicyclic) bond motifs is 3. The summed E-state index contributed by atoms with van der Waals surface area (Å²) in [6.07, 6.45) is 0. The predicted octanol–water partition coefficient (Wildman–Crippen LogP) is 3.17. The monoisotopic (exact) mass is 369 g/mol. The van der Waals surface area contributed by atoms with E-state index in [-0.39, 0.29) is 5.91 Å². The van der Waals surface area contributed by atoms with Crippen molar-refractivity contribution in [3.63, 3.8) is 0 Å². The number of thiazole rings is 1. The molecule has 134 valence electrons. The number of rotatable bonds is 5. The summed E-state index contributed by atoms with van der Waals surface area (Å²) in [6, 6.07) is 11.0. The molecule has 2 heterocycles. The molecule has 2 aromatic carbocycles. The van der Waals surface area contributed by atoms with Gasteiger partial charge < -0.3 is 20.8 Å². The fourth-order valence-corrected chi connectivity index (χ4v) is 3.87. The highest BCUT2D eigenvalue weighted by Gasteiger charge is 2.19. The zero-order chi connectivity index (χ0) is 18.1. The van der Waals surface area contributed by atoms with E-state index in [1.54, 1.807) is 7.11 Å². The molecule has 4 rings (SSSR count). The van der Waals surface area contributed by atoms with Crippen LogP contribution in [0.1, 0.15) is 12.5 Å². The van der Waals surface area contributed by atoms with Crippen LogP contribution in [-0.4, -0.2) is 24.0 Å². The topological polar surface area (TPSA) is 87.3 Å². The van der Waals surface area contributed by atoms with Crippen molar-refractivity contribution in [3.05, 3.63) is 42.0 Å². The van der Waals surface area contributed by atoms with Crippen LogP contribution in [0.2, 0.25) is 0 Å². The molecule has 1 aromatic heterocycles. The van der Waals surface area contributed by atoms with Crippen molar-refractivity contribution < 1.29 is 9.53 Å². The quantitative estimate of drug-likeness (QED) is 0.553. The number of ether oxygens (including phenoxy) is 1. The highest BCUT2D eigenvalue weighted by molar-refractivity contribution is 7.22. The summed E-state index contributed by atoms with van der Waals surface area (Å²) in [7, 11) is 1.62. The molecule has 0 bridgehead atoms. The first-order valence-corrected chi connectivity index (χ1v) is 9.08. The van der Waals surface area contributed by atoms with Crippen LogP contribution in [0.3, 0.4) is 0 Å². The second kappa shape index (κ2) is 6.81. The summed E-state index contributed by atoms with van der Waals surface area (Å²) in [6.45, 7) is 2.56. The van der Waals surface area contributed by atoms with Gasteiger partial charge in [0, 0.05) is 23.9 Å². The van der Waals surface area contributed by atoms with Crippen molar-refractivity contribution in [2.24, 2.45) is 0 Å². The standard InChI is InChI=1S/C18H19N5O2S/c1-10(20-11-4-3-5-12(8-11)25-2)17(24)22-18-21-15-7-6-14-13(9-19-23-14)16(15)26-18/h3-8,10,19-20,23H,9H2,1-2H3,(H,21,22,24). The van der Waals surface area contributed by atoms with Gasteiger partial charge in [-0.3, -0.25) is 4.79 Å².